The fourth-order valence-corrected chi connectivity index (χ4v) is 3.63. The summed E-state index contributed by atoms with van der Waals surface area (Å²) in [4.78, 5) is 9.63. The predicted octanol–water partition coefficient (Wildman–Crippen LogP) is 3.71. The van der Waals surface area contributed by atoms with E-state index in [0.717, 1.165) is 42.2 Å². The van der Waals surface area contributed by atoms with Crippen molar-refractivity contribution in [2.24, 2.45) is 5.92 Å². The number of hydrogen-bond acceptors (Lipinski definition) is 3. The lowest BCUT2D eigenvalue weighted by Gasteiger charge is -2.24. The smallest absolute Gasteiger partial charge is 0.160 e. The second-order valence-electron chi connectivity index (χ2n) is 6.98. The van der Waals surface area contributed by atoms with Crippen molar-refractivity contribution in [1.82, 2.24) is 19.9 Å². The molecule has 1 fully saturated rings. The topological polar surface area (TPSA) is 42.7 Å². The number of hydrogen-bond donors (Lipinski definition) is 1. The zero-order valence-electron chi connectivity index (χ0n) is 14.4. The molecular formula is C20H24N4. The van der Waals surface area contributed by atoms with Gasteiger partial charge in [0.05, 0.1) is 0 Å². The van der Waals surface area contributed by atoms with Gasteiger partial charge in [0.15, 0.2) is 5.65 Å². The van der Waals surface area contributed by atoms with Crippen molar-refractivity contribution in [3.05, 3.63) is 47.7 Å². The van der Waals surface area contributed by atoms with Gasteiger partial charge in [-0.05, 0) is 63.4 Å². The first-order valence-corrected chi connectivity index (χ1v) is 8.81. The van der Waals surface area contributed by atoms with Gasteiger partial charge < -0.3 is 9.88 Å². The van der Waals surface area contributed by atoms with Crippen LogP contribution in [-0.4, -0.2) is 27.6 Å². The van der Waals surface area contributed by atoms with Gasteiger partial charge in [-0.2, -0.15) is 0 Å². The summed E-state index contributed by atoms with van der Waals surface area (Å²) in [5.41, 5.74) is 5.59. The van der Waals surface area contributed by atoms with Crippen molar-refractivity contribution < 1.29 is 0 Å². The Kier molecular flexibility index (Phi) is 4.07. The van der Waals surface area contributed by atoms with Crippen LogP contribution in [0.3, 0.4) is 0 Å². The van der Waals surface area contributed by atoms with E-state index in [1.807, 2.05) is 6.20 Å². The molecule has 1 aliphatic heterocycles. The number of nitrogens with zero attached hydrogens (tertiary/aromatic N) is 3. The van der Waals surface area contributed by atoms with Gasteiger partial charge in [0.1, 0.15) is 11.3 Å². The minimum absolute atomic E-state index is 0.641. The van der Waals surface area contributed by atoms with Crippen LogP contribution in [0.1, 0.15) is 24.0 Å². The lowest BCUT2D eigenvalue weighted by atomic mass is 9.99. The molecule has 0 aliphatic carbocycles. The molecule has 24 heavy (non-hydrogen) atoms. The van der Waals surface area contributed by atoms with Crippen molar-refractivity contribution in [2.75, 3.05) is 13.1 Å². The zero-order valence-corrected chi connectivity index (χ0v) is 14.4. The van der Waals surface area contributed by atoms with Gasteiger partial charge in [-0.3, -0.25) is 0 Å². The SMILES string of the molecule is Cc1cccc(-c2nc3cc(C)cnc3n2CC2CCCNC2)c1. The normalized spacial score (nSPS) is 18.2. The van der Waals surface area contributed by atoms with Crippen molar-refractivity contribution in [3.63, 3.8) is 0 Å². The zero-order chi connectivity index (χ0) is 16.5. The van der Waals surface area contributed by atoms with Crippen molar-refractivity contribution in [3.8, 4) is 11.4 Å². The van der Waals surface area contributed by atoms with E-state index in [2.05, 4.69) is 54.1 Å². The number of fused-ring (bicyclic) bond motifs is 1. The van der Waals surface area contributed by atoms with Gasteiger partial charge in [-0.1, -0.05) is 23.8 Å². The number of piperidine rings is 1. The van der Waals surface area contributed by atoms with Crippen LogP contribution in [0, 0.1) is 19.8 Å². The molecule has 0 bridgehead atoms. The van der Waals surface area contributed by atoms with E-state index in [0.29, 0.717) is 5.92 Å². The van der Waals surface area contributed by atoms with Crippen LogP contribution in [0.5, 0.6) is 0 Å². The molecule has 3 heterocycles. The van der Waals surface area contributed by atoms with E-state index in [1.54, 1.807) is 0 Å². The average molecular weight is 320 g/mol. The van der Waals surface area contributed by atoms with Crippen molar-refractivity contribution in [1.29, 1.82) is 0 Å². The number of rotatable bonds is 3. The highest BCUT2D eigenvalue weighted by atomic mass is 15.1. The molecule has 4 heteroatoms. The fraction of sp³-hybridized carbons (Fsp3) is 0.400. The Morgan fingerprint density at radius 3 is 2.92 bits per heavy atom. The maximum absolute atomic E-state index is 4.93. The van der Waals surface area contributed by atoms with Gasteiger partial charge in [0, 0.05) is 18.3 Å². The minimum atomic E-state index is 0.641. The van der Waals surface area contributed by atoms with Crippen LogP contribution in [0.2, 0.25) is 0 Å². The van der Waals surface area contributed by atoms with Crippen LogP contribution < -0.4 is 5.32 Å². The molecule has 1 saturated heterocycles. The Labute approximate surface area is 142 Å². The summed E-state index contributed by atoms with van der Waals surface area (Å²) in [6.45, 7) is 7.40. The fourth-order valence-electron chi connectivity index (χ4n) is 3.63. The molecule has 124 valence electrons. The first-order valence-electron chi connectivity index (χ1n) is 8.81. The quantitative estimate of drug-likeness (QED) is 0.800. The molecule has 0 spiro atoms. The highest BCUT2D eigenvalue weighted by molar-refractivity contribution is 5.77. The molecule has 0 saturated carbocycles. The number of aromatic nitrogens is 3. The van der Waals surface area contributed by atoms with E-state index < -0.39 is 0 Å². The molecule has 1 N–H and O–H groups in total. The molecular weight excluding hydrogens is 296 g/mol. The van der Waals surface area contributed by atoms with Crippen molar-refractivity contribution >= 4 is 11.2 Å². The number of nitrogens with one attached hydrogen (secondary N) is 1. The van der Waals surface area contributed by atoms with Crippen LogP contribution in [0.4, 0.5) is 0 Å². The molecule has 4 rings (SSSR count). The van der Waals surface area contributed by atoms with E-state index >= 15 is 0 Å². The molecule has 1 unspecified atom stereocenters. The molecule has 1 aromatic carbocycles. The number of pyridine rings is 1. The minimum Gasteiger partial charge on any atom is -0.316 e. The maximum atomic E-state index is 4.93. The van der Waals surface area contributed by atoms with E-state index in [9.17, 15) is 0 Å². The number of imidazole rings is 1. The second kappa shape index (κ2) is 6.36. The molecule has 2 aromatic heterocycles. The molecule has 1 atom stereocenters. The maximum Gasteiger partial charge on any atom is 0.160 e. The molecule has 0 radical (unpaired) electrons. The third-order valence-electron chi connectivity index (χ3n) is 4.84. The highest BCUT2D eigenvalue weighted by Gasteiger charge is 2.19. The Hall–Kier alpha value is -2.20. The summed E-state index contributed by atoms with van der Waals surface area (Å²) < 4.78 is 2.32. The van der Waals surface area contributed by atoms with Crippen LogP contribution in [-0.2, 0) is 6.54 Å². The van der Waals surface area contributed by atoms with E-state index in [4.69, 9.17) is 9.97 Å². The monoisotopic (exact) mass is 320 g/mol. The lowest BCUT2D eigenvalue weighted by Crippen LogP contribution is -2.32. The van der Waals surface area contributed by atoms with E-state index in [1.165, 1.54) is 24.0 Å². The second-order valence-corrected chi connectivity index (χ2v) is 6.98. The summed E-state index contributed by atoms with van der Waals surface area (Å²) in [7, 11) is 0. The highest BCUT2D eigenvalue weighted by Crippen LogP contribution is 2.27. The largest absolute Gasteiger partial charge is 0.316 e. The molecule has 1 aliphatic rings. The van der Waals surface area contributed by atoms with Gasteiger partial charge in [-0.15, -0.1) is 0 Å². The van der Waals surface area contributed by atoms with Gasteiger partial charge in [0.25, 0.3) is 0 Å². The Morgan fingerprint density at radius 1 is 1.21 bits per heavy atom. The first kappa shape index (κ1) is 15.3. The van der Waals surface area contributed by atoms with Gasteiger partial charge in [0.2, 0.25) is 0 Å². The third-order valence-corrected chi connectivity index (χ3v) is 4.84. The van der Waals surface area contributed by atoms with Crippen LogP contribution >= 0.6 is 0 Å². The van der Waals surface area contributed by atoms with Crippen LogP contribution in [0.15, 0.2) is 36.5 Å². The summed E-state index contributed by atoms with van der Waals surface area (Å²) in [5.74, 6) is 1.68. The summed E-state index contributed by atoms with van der Waals surface area (Å²) in [6.07, 6.45) is 4.47. The molecule has 3 aromatic rings. The average Bonchev–Trinajstić information content (AvgIpc) is 2.93. The predicted molar refractivity (Wildman–Crippen MR) is 98.0 cm³/mol. The third kappa shape index (κ3) is 2.94. The Balaban J connectivity index is 1.83. The van der Waals surface area contributed by atoms with Crippen LogP contribution in [0.25, 0.3) is 22.6 Å². The standard InChI is InChI=1S/C20H24N4/c1-14-5-3-7-17(9-14)19-23-18-10-15(2)11-22-20(18)24(19)13-16-6-4-8-21-12-16/h3,5,7,9-11,16,21H,4,6,8,12-13H2,1-2H3. The lowest BCUT2D eigenvalue weighted by molar-refractivity contribution is 0.341. The number of aryl methyl sites for hydroxylation is 2. The summed E-state index contributed by atoms with van der Waals surface area (Å²) >= 11 is 0. The van der Waals surface area contributed by atoms with Gasteiger partial charge >= 0.3 is 0 Å². The first-order chi connectivity index (χ1) is 11.7. The molecule has 4 nitrogen and oxygen atoms in total. The molecule has 0 amide bonds. The van der Waals surface area contributed by atoms with Crippen molar-refractivity contribution in [2.45, 2.75) is 33.2 Å². The van der Waals surface area contributed by atoms with E-state index in [-0.39, 0.29) is 0 Å². The number of benzene rings is 1. The van der Waals surface area contributed by atoms with Gasteiger partial charge in [-0.25, -0.2) is 9.97 Å². The summed E-state index contributed by atoms with van der Waals surface area (Å²) in [5, 5.41) is 3.52. The Bertz CT molecular complexity index is 859. The summed E-state index contributed by atoms with van der Waals surface area (Å²) in [6, 6.07) is 10.7. The Morgan fingerprint density at radius 2 is 2.12 bits per heavy atom.